The van der Waals surface area contributed by atoms with Crippen molar-refractivity contribution in [3.05, 3.63) is 47.8 Å². The lowest BCUT2D eigenvalue weighted by molar-refractivity contribution is -0.164. The minimum atomic E-state index is -1.07. The third kappa shape index (κ3) is 3.66. The van der Waals surface area contributed by atoms with Crippen molar-refractivity contribution in [1.29, 1.82) is 0 Å². The van der Waals surface area contributed by atoms with Crippen molar-refractivity contribution >= 4 is 5.97 Å². The Kier molecular flexibility index (Phi) is 5.44. The van der Waals surface area contributed by atoms with Gasteiger partial charge in [-0.05, 0) is 31.9 Å². The van der Waals surface area contributed by atoms with Crippen molar-refractivity contribution in [2.45, 2.75) is 45.8 Å². The van der Waals surface area contributed by atoms with Crippen molar-refractivity contribution in [3.63, 3.8) is 0 Å². The maximum absolute atomic E-state index is 11.9. The Morgan fingerprint density at radius 2 is 2.08 bits per heavy atom. The molecule has 2 atom stereocenters. The SMILES string of the molecule is CCC[C@@]1(C(=O)O)CN(Cc2cnn(-c3ccc(C)cc3)c2)CC[C@@H]1O. The summed E-state index contributed by atoms with van der Waals surface area (Å²) >= 11 is 0. The van der Waals surface area contributed by atoms with Gasteiger partial charge >= 0.3 is 5.97 Å². The van der Waals surface area contributed by atoms with Gasteiger partial charge in [0.25, 0.3) is 0 Å². The van der Waals surface area contributed by atoms with Gasteiger partial charge < -0.3 is 10.2 Å². The molecule has 140 valence electrons. The van der Waals surface area contributed by atoms with E-state index in [1.165, 1.54) is 5.56 Å². The van der Waals surface area contributed by atoms with Gasteiger partial charge in [-0.1, -0.05) is 31.0 Å². The number of aliphatic hydroxyl groups excluding tert-OH is 1. The number of piperidine rings is 1. The molecular weight excluding hydrogens is 330 g/mol. The van der Waals surface area contributed by atoms with Crippen LogP contribution in [-0.4, -0.2) is 50.1 Å². The van der Waals surface area contributed by atoms with Gasteiger partial charge in [-0.2, -0.15) is 5.10 Å². The van der Waals surface area contributed by atoms with E-state index in [1.54, 1.807) is 0 Å². The zero-order chi connectivity index (χ0) is 18.7. The van der Waals surface area contributed by atoms with Crippen LogP contribution < -0.4 is 0 Å². The fourth-order valence-corrected chi connectivity index (χ4v) is 3.85. The van der Waals surface area contributed by atoms with Crippen molar-refractivity contribution in [1.82, 2.24) is 14.7 Å². The highest BCUT2D eigenvalue weighted by molar-refractivity contribution is 5.76. The first-order valence-corrected chi connectivity index (χ1v) is 9.19. The van der Waals surface area contributed by atoms with Crippen molar-refractivity contribution < 1.29 is 15.0 Å². The zero-order valence-corrected chi connectivity index (χ0v) is 15.4. The highest BCUT2D eigenvalue weighted by atomic mass is 16.4. The summed E-state index contributed by atoms with van der Waals surface area (Å²) in [7, 11) is 0. The van der Waals surface area contributed by atoms with Crippen molar-refractivity contribution in [2.75, 3.05) is 13.1 Å². The highest BCUT2D eigenvalue weighted by Crippen LogP contribution is 2.36. The predicted molar refractivity (Wildman–Crippen MR) is 99.2 cm³/mol. The number of hydrogen-bond acceptors (Lipinski definition) is 4. The molecule has 2 N–H and O–H groups in total. The zero-order valence-electron chi connectivity index (χ0n) is 15.4. The number of benzene rings is 1. The lowest BCUT2D eigenvalue weighted by Crippen LogP contribution is -2.55. The van der Waals surface area contributed by atoms with Gasteiger partial charge in [0.2, 0.25) is 0 Å². The first-order chi connectivity index (χ1) is 12.4. The van der Waals surface area contributed by atoms with Crippen LogP contribution in [0.15, 0.2) is 36.7 Å². The highest BCUT2D eigenvalue weighted by Gasteiger charge is 2.48. The Labute approximate surface area is 154 Å². The number of likely N-dealkylation sites (tertiary alicyclic amines) is 1. The summed E-state index contributed by atoms with van der Waals surface area (Å²) in [6.45, 7) is 5.70. The van der Waals surface area contributed by atoms with Crippen LogP contribution in [-0.2, 0) is 11.3 Å². The summed E-state index contributed by atoms with van der Waals surface area (Å²) in [5, 5.41) is 24.5. The number of aliphatic hydroxyl groups is 1. The van der Waals surface area contributed by atoms with Gasteiger partial charge in [0.15, 0.2) is 0 Å². The first-order valence-electron chi connectivity index (χ1n) is 9.19. The molecule has 0 unspecified atom stereocenters. The molecule has 6 nitrogen and oxygen atoms in total. The van der Waals surface area contributed by atoms with Crippen molar-refractivity contribution in [2.24, 2.45) is 5.41 Å². The summed E-state index contributed by atoms with van der Waals surface area (Å²) in [5.41, 5.74) is 2.17. The standard InChI is InChI=1S/C20H27N3O3/c1-3-9-20(19(25)26)14-22(10-8-18(20)24)12-16-11-21-23(13-16)17-6-4-15(2)5-7-17/h4-7,11,13,18,24H,3,8-10,12,14H2,1-2H3,(H,25,26)/t18-,20+/m0/s1. The molecule has 1 aromatic heterocycles. The molecule has 0 amide bonds. The Hall–Kier alpha value is -2.18. The first kappa shape index (κ1) is 18.6. The van der Waals surface area contributed by atoms with E-state index in [4.69, 9.17) is 0 Å². The third-order valence-electron chi connectivity index (χ3n) is 5.33. The van der Waals surface area contributed by atoms with Crippen LogP contribution in [0.2, 0.25) is 0 Å². The van der Waals surface area contributed by atoms with E-state index < -0.39 is 17.5 Å². The maximum atomic E-state index is 11.9. The quantitative estimate of drug-likeness (QED) is 0.831. The molecule has 0 spiro atoms. The Morgan fingerprint density at radius 1 is 1.35 bits per heavy atom. The summed E-state index contributed by atoms with van der Waals surface area (Å²) < 4.78 is 1.84. The summed E-state index contributed by atoms with van der Waals surface area (Å²) in [6, 6.07) is 8.16. The van der Waals surface area contributed by atoms with Crippen LogP contribution in [0.25, 0.3) is 5.69 Å². The number of aryl methyl sites for hydroxylation is 1. The topological polar surface area (TPSA) is 78.6 Å². The van der Waals surface area contributed by atoms with Crippen LogP contribution in [0.3, 0.4) is 0 Å². The number of carboxylic acids is 1. The second-order valence-electron chi connectivity index (χ2n) is 7.36. The maximum Gasteiger partial charge on any atom is 0.313 e. The third-order valence-corrected chi connectivity index (χ3v) is 5.33. The van der Waals surface area contributed by atoms with E-state index in [1.807, 2.05) is 43.1 Å². The molecule has 0 radical (unpaired) electrons. The molecule has 6 heteroatoms. The Morgan fingerprint density at radius 3 is 2.73 bits per heavy atom. The fourth-order valence-electron chi connectivity index (χ4n) is 3.85. The van der Waals surface area contributed by atoms with Gasteiger partial charge in [0.05, 0.1) is 18.0 Å². The van der Waals surface area contributed by atoms with Crippen LogP contribution >= 0.6 is 0 Å². The van der Waals surface area contributed by atoms with E-state index in [0.717, 1.165) is 17.7 Å². The second-order valence-corrected chi connectivity index (χ2v) is 7.36. The molecule has 2 heterocycles. The molecule has 1 aliphatic rings. The van der Waals surface area contributed by atoms with Gasteiger partial charge in [0.1, 0.15) is 5.41 Å². The Balaban J connectivity index is 1.73. The molecule has 0 aliphatic carbocycles. The molecule has 1 saturated heterocycles. The van der Waals surface area contributed by atoms with Crippen molar-refractivity contribution in [3.8, 4) is 5.69 Å². The molecule has 3 rings (SSSR count). The van der Waals surface area contributed by atoms with E-state index in [-0.39, 0.29) is 0 Å². The predicted octanol–water partition coefficient (Wildman–Crippen LogP) is 2.62. The van der Waals surface area contributed by atoms with Gasteiger partial charge in [-0.3, -0.25) is 9.69 Å². The normalized spacial score (nSPS) is 23.9. The molecule has 0 bridgehead atoms. The average molecular weight is 357 g/mol. The number of aromatic nitrogens is 2. The minimum absolute atomic E-state index is 0.368. The van der Waals surface area contributed by atoms with Crippen LogP contribution in [0.4, 0.5) is 0 Å². The molecule has 2 aromatic rings. The minimum Gasteiger partial charge on any atom is -0.481 e. The molecule has 1 aliphatic heterocycles. The van der Waals surface area contributed by atoms with Crippen LogP contribution in [0, 0.1) is 12.3 Å². The monoisotopic (exact) mass is 357 g/mol. The fraction of sp³-hybridized carbons (Fsp3) is 0.500. The van der Waals surface area contributed by atoms with Crippen LogP contribution in [0.1, 0.15) is 37.3 Å². The van der Waals surface area contributed by atoms with E-state index >= 15 is 0 Å². The average Bonchev–Trinajstić information content (AvgIpc) is 3.07. The molecular formula is C20H27N3O3. The lowest BCUT2D eigenvalue weighted by atomic mass is 9.74. The molecule has 1 fully saturated rings. The number of hydrogen-bond donors (Lipinski definition) is 2. The Bertz CT molecular complexity index is 756. The van der Waals surface area contributed by atoms with Crippen LogP contribution in [0.5, 0.6) is 0 Å². The summed E-state index contributed by atoms with van der Waals surface area (Å²) in [4.78, 5) is 14.0. The molecule has 26 heavy (non-hydrogen) atoms. The number of carbonyl (C=O) groups is 1. The summed E-state index contributed by atoms with van der Waals surface area (Å²) in [6.07, 6.45) is 4.74. The van der Waals surface area contributed by atoms with Gasteiger partial charge in [-0.15, -0.1) is 0 Å². The number of aliphatic carboxylic acids is 1. The van der Waals surface area contributed by atoms with E-state index in [2.05, 4.69) is 22.1 Å². The van der Waals surface area contributed by atoms with Gasteiger partial charge in [-0.25, -0.2) is 4.68 Å². The number of rotatable bonds is 6. The molecule has 0 saturated carbocycles. The van der Waals surface area contributed by atoms with E-state index in [0.29, 0.717) is 32.5 Å². The summed E-state index contributed by atoms with van der Waals surface area (Å²) in [5.74, 6) is -0.896. The van der Waals surface area contributed by atoms with E-state index in [9.17, 15) is 15.0 Å². The number of carboxylic acid groups (broad SMARTS) is 1. The second kappa shape index (κ2) is 7.60. The number of nitrogens with zero attached hydrogens (tertiary/aromatic N) is 3. The van der Waals surface area contributed by atoms with Gasteiger partial charge in [0, 0.05) is 31.4 Å². The molecule has 1 aromatic carbocycles. The smallest absolute Gasteiger partial charge is 0.313 e. The largest absolute Gasteiger partial charge is 0.481 e. The lowest BCUT2D eigenvalue weighted by Gasteiger charge is -2.43.